The highest BCUT2D eigenvalue weighted by Crippen LogP contribution is 2.55. The lowest BCUT2D eigenvalue weighted by Gasteiger charge is -2.33. The molecule has 0 aliphatic carbocycles. The number of hydrogen-bond donors (Lipinski definition) is 5. The Bertz CT molecular complexity index is 1520. The van der Waals surface area contributed by atoms with Crippen molar-refractivity contribution in [1.82, 2.24) is 20.2 Å². The van der Waals surface area contributed by atoms with E-state index in [1.807, 2.05) is 30.3 Å². The lowest BCUT2D eigenvalue weighted by Crippen LogP contribution is -2.46. The highest BCUT2D eigenvalue weighted by molar-refractivity contribution is 6.14. The number of para-hydroxylation sites is 1. The molecule has 10 heteroatoms. The summed E-state index contributed by atoms with van der Waals surface area (Å²) in [4.78, 5) is 43.3. The first kappa shape index (κ1) is 17.4. The number of benzene rings is 2. The Hall–Kier alpha value is -4.47. The van der Waals surface area contributed by atoms with Gasteiger partial charge in [-0.2, -0.15) is 5.10 Å². The van der Waals surface area contributed by atoms with E-state index >= 15 is 0 Å². The fourth-order valence-electron chi connectivity index (χ4n) is 4.58. The molecule has 1 amide bonds. The number of amides is 1. The molecule has 6 rings (SSSR count). The number of fused-ring (bicyclic) bond motifs is 6. The Morgan fingerprint density at radius 2 is 1.68 bits per heavy atom. The van der Waals surface area contributed by atoms with Crippen LogP contribution >= 0.6 is 0 Å². The number of hydrogen-bond acceptors (Lipinski definition) is 5. The molecule has 2 aliphatic heterocycles. The average Bonchev–Trinajstić information content (AvgIpc) is 3.29. The van der Waals surface area contributed by atoms with Gasteiger partial charge < -0.3 is 10.6 Å². The second kappa shape index (κ2) is 5.79. The summed E-state index contributed by atoms with van der Waals surface area (Å²) in [5, 5.41) is 12.8. The van der Waals surface area contributed by atoms with Gasteiger partial charge in [-0.1, -0.05) is 42.5 Å². The van der Waals surface area contributed by atoms with Crippen LogP contribution in [-0.2, 0) is 10.2 Å². The van der Waals surface area contributed by atoms with Crippen molar-refractivity contribution in [2.75, 3.05) is 10.6 Å². The number of carbonyl (C=O) groups excluding carboxylic acids is 1. The Morgan fingerprint density at radius 1 is 0.871 bits per heavy atom. The van der Waals surface area contributed by atoms with E-state index < -0.39 is 28.4 Å². The number of carbonyl (C=O) groups is 1. The van der Waals surface area contributed by atoms with Crippen LogP contribution in [-0.4, -0.2) is 26.1 Å². The van der Waals surface area contributed by atoms with Gasteiger partial charge in [-0.05, 0) is 11.6 Å². The van der Waals surface area contributed by atoms with E-state index in [9.17, 15) is 18.8 Å². The van der Waals surface area contributed by atoms with Crippen LogP contribution in [0.3, 0.4) is 0 Å². The van der Waals surface area contributed by atoms with Gasteiger partial charge in [-0.3, -0.25) is 24.7 Å². The summed E-state index contributed by atoms with van der Waals surface area (Å²) in [6.07, 6.45) is 0. The Morgan fingerprint density at radius 3 is 2.48 bits per heavy atom. The van der Waals surface area contributed by atoms with Crippen LogP contribution in [0.4, 0.5) is 21.7 Å². The van der Waals surface area contributed by atoms with Gasteiger partial charge in [0.2, 0.25) is 5.91 Å². The molecular formula is C21H13FN6O3. The van der Waals surface area contributed by atoms with Crippen molar-refractivity contribution in [3.8, 4) is 11.3 Å². The first-order chi connectivity index (χ1) is 15.0. The average molecular weight is 416 g/mol. The molecule has 2 aromatic carbocycles. The molecule has 0 radical (unpaired) electrons. The molecule has 5 N–H and O–H groups in total. The molecule has 1 unspecified atom stereocenters. The zero-order valence-corrected chi connectivity index (χ0v) is 15.7. The molecule has 31 heavy (non-hydrogen) atoms. The fraction of sp³-hybridized carbons (Fsp3) is 0.0476. The Kier molecular flexibility index (Phi) is 3.25. The van der Waals surface area contributed by atoms with Gasteiger partial charge in [0, 0.05) is 11.1 Å². The number of rotatable bonds is 1. The third-order valence-corrected chi connectivity index (χ3v) is 5.76. The molecule has 1 spiro atoms. The summed E-state index contributed by atoms with van der Waals surface area (Å²) in [7, 11) is 0. The van der Waals surface area contributed by atoms with Crippen LogP contribution in [0.15, 0.2) is 58.1 Å². The summed E-state index contributed by atoms with van der Waals surface area (Å²) in [5.74, 6) is -0.970. The van der Waals surface area contributed by atoms with Crippen LogP contribution in [0.25, 0.3) is 11.3 Å². The minimum atomic E-state index is -1.73. The van der Waals surface area contributed by atoms with Gasteiger partial charge in [0.25, 0.3) is 5.56 Å². The van der Waals surface area contributed by atoms with Gasteiger partial charge in [-0.25, -0.2) is 9.18 Å². The van der Waals surface area contributed by atoms with Gasteiger partial charge in [0.15, 0.2) is 5.82 Å². The highest BCUT2D eigenvalue weighted by atomic mass is 19.1. The zero-order valence-electron chi connectivity index (χ0n) is 15.7. The maximum absolute atomic E-state index is 14.7. The number of halogens is 1. The maximum atomic E-state index is 14.7. The molecule has 0 fully saturated rings. The maximum Gasteiger partial charge on any atom is 0.327 e. The van der Waals surface area contributed by atoms with Crippen molar-refractivity contribution in [1.29, 1.82) is 0 Å². The molecular weight excluding hydrogens is 403 g/mol. The summed E-state index contributed by atoms with van der Waals surface area (Å²) in [6, 6.07) is 13.4. The second-order valence-electron chi connectivity index (χ2n) is 7.34. The molecule has 4 heterocycles. The van der Waals surface area contributed by atoms with Crippen LogP contribution in [0.2, 0.25) is 0 Å². The topological polar surface area (TPSA) is 136 Å². The molecule has 152 valence electrons. The highest BCUT2D eigenvalue weighted by Gasteiger charge is 2.58. The van der Waals surface area contributed by atoms with E-state index in [1.165, 1.54) is 12.1 Å². The predicted molar refractivity (Wildman–Crippen MR) is 110 cm³/mol. The summed E-state index contributed by atoms with van der Waals surface area (Å²) in [6.45, 7) is 0. The molecule has 0 saturated carbocycles. The van der Waals surface area contributed by atoms with Crippen molar-refractivity contribution in [2.24, 2.45) is 0 Å². The molecule has 4 aromatic rings. The van der Waals surface area contributed by atoms with Crippen molar-refractivity contribution in [3.05, 3.63) is 91.9 Å². The minimum Gasteiger partial charge on any atom is -0.324 e. The van der Waals surface area contributed by atoms with E-state index in [0.29, 0.717) is 11.3 Å². The van der Waals surface area contributed by atoms with E-state index in [2.05, 4.69) is 30.8 Å². The summed E-state index contributed by atoms with van der Waals surface area (Å²) >= 11 is 0. The molecule has 9 nitrogen and oxygen atoms in total. The Balaban J connectivity index is 1.81. The van der Waals surface area contributed by atoms with Gasteiger partial charge in [-0.15, -0.1) is 0 Å². The third-order valence-electron chi connectivity index (χ3n) is 5.76. The van der Waals surface area contributed by atoms with Crippen molar-refractivity contribution in [3.63, 3.8) is 0 Å². The van der Waals surface area contributed by atoms with Crippen molar-refractivity contribution in [2.45, 2.75) is 5.41 Å². The lowest BCUT2D eigenvalue weighted by molar-refractivity contribution is -0.118. The zero-order chi connectivity index (χ0) is 21.3. The standard InChI is InChI=1S/C21H13FN6O3/c22-11-8-4-7-10-15(11)23-19(30)21(10)12-14(9-5-2-1-3-6-9)27-28-17(12)24-16-13(21)18(29)26-20(31)25-16/h1-8H,(H,23,30)(H4,24,25,26,27,28,29,31). The van der Waals surface area contributed by atoms with Gasteiger partial charge >= 0.3 is 5.69 Å². The smallest absolute Gasteiger partial charge is 0.324 e. The first-order valence-corrected chi connectivity index (χ1v) is 9.40. The third kappa shape index (κ3) is 2.08. The number of nitrogens with one attached hydrogen (secondary N) is 5. The first-order valence-electron chi connectivity index (χ1n) is 9.40. The lowest BCUT2D eigenvalue weighted by atomic mass is 9.68. The van der Waals surface area contributed by atoms with Gasteiger partial charge in [0.05, 0.1) is 16.9 Å². The van der Waals surface area contributed by atoms with E-state index in [4.69, 9.17) is 0 Å². The largest absolute Gasteiger partial charge is 0.327 e. The summed E-state index contributed by atoms with van der Waals surface area (Å²) in [5.41, 5.74) is -1.45. The molecule has 2 aromatic heterocycles. The molecule has 0 saturated heterocycles. The number of anilines is 3. The SMILES string of the molecule is O=C1Nc2c(F)cccc2C12c1c(n[nH]c1-c1ccccc1)Nc1[nH]c(=O)[nH]c(=O)c12. The predicted octanol–water partition coefficient (Wildman–Crippen LogP) is 1.94. The van der Waals surface area contributed by atoms with E-state index in [-0.39, 0.29) is 28.5 Å². The van der Waals surface area contributed by atoms with Crippen molar-refractivity contribution >= 4 is 23.2 Å². The normalized spacial score (nSPS) is 18.2. The van der Waals surface area contributed by atoms with Crippen molar-refractivity contribution < 1.29 is 9.18 Å². The number of H-pyrrole nitrogens is 3. The molecule has 0 bridgehead atoms. The van der Waals surface area contributed by atoms with Gasteiger partial charge in [0.1, 0.15) is 17.1 Å². The van der Waals surface area contributed by atoms with E-state index in [0.717, 1.165) is 5.56 Å². The van der Waals surface area contributed by atoms with Crippen LogP contribution in [0, 0.1) is 5.82 Å². The van der Waals surface area contributed by atoms with Crippen LogP contribution in [0.1, 0.15) is 16.7 Å². The minimum absolute atomic E-state index is 0.0166. The monoisotopic (exact) mass is 416 g/mol. The number of nitrogens with zero attached hydrogens (tertiary/aromatic N) is 1. The Labute approximate surface area is 172 Å². The fourth-order valence-corrected chi connectivity index (χ4v) is 4.58. The van der Waals surface area contributed by atoms with E-state index in [1.54, 1.807) is 6.07 Å². The van der Waals surface area contributed by atoms with Crippen LogP contribution < -0.4 is 21.9 Å². The number of aromatic nitrogens is 4. The summed E-state index contributed by atoms with van der Waals surface area (Å²) < 4.78 is 14.7. The quantitative estimate of drug-likeness (QED) is 0.323. The van der Waals surface area contributed by atoms with Crippen LogP contribution in [0.5, 0.6) is 0 Å². The molecule has 2 aliphatic rings. The number of aromatic amines is 3. The second-order valence-corrected chi connectivity index (χ2v) is 7.34. The molecule has 1 atom stereocenters.